The maximum Gasteiger partial charge on any atom is 0.246 e. The van der Waals surface area contributed by atoms with Crippen molar-refractivity contribution in [3.05, 3.63) is 54.6 Å². The smallest absolute Gasteiger partial charge is 0.246 e. The van der Waals surface area contributed by atoms with Gasteiger partial charge in [0.15, 0.2) is 5.82 Å². The minimum Gasteiger partial charge on any atom is -0.508 e. The molecule has 19 heavy (non-hydrogen) atoms. The van der Waals surface area contributed by atoms with E-state index in [4.69, 9.17) is 0 Å². The molecule has 1 heterocycles. The summed E-state index contributed by atoms with van der Waals surface area (Å²) in [6.45, 7) is 0. The second-order valence-electron chi connectivity index (χ2n) is 4.05. The van der Waals surface area contributed by atoms with Gasteiger partial charge in [-0.15, -0.1) is 5.10 Å². The van der Waals surface area contributed by atoms with Gasteiger partial charge in [0.25, 0.3) is 0 Å². The number of benzene rings is 2. The number of anilines is 2. The van der Waals surface area contributed by atoms with E-state index in [-0.39, 0.29) is 5.75 Å². The number of aromatic amines is 1. The zero-order valence-electron chi connectivity index (χ0n) is 10.0. The molecular formula is C14H12N4O. The predicted molar refractivity (Wildman–Crippen MR) is 73.2 cm³/mol. The maximum absolute atomic E-state index is 9.21. The summed E-state index contributed by atoms with van der Waals surface area (Å²) < 4.78 is 0. The number of hydrogen-bond acceptors (Lipinski definition) is 4. The molecule has 0 saturated heterocycles. The first-order valence-electron chi connectivity index (χ1n) is 5.85. The lowest BCUT2D eigenvalue weighted by Crippen LogP contribution is -1.91. The van der Waals surface area contributed by atoms with Gasteiger partial charge in [0.1, 0.15) is 5.75 Å². The number of hydrogen-bond donors (Lipinski definition) is 3. The third kappa shape index (κ3) is 2.55. The van der Waals surface area contributed by atoms with Crippen LogP contribution in [0.1, 0.15) is 0 Å². The summed E-state index contributed by atoms with van der Waals surface area (Å²) in [7, 11) is 0. The average Bonchev–Trinajstić information content (AvgIpc) is 2.91. The summed E-state index contributed by atoms with van der Waals surface area (Å²) in [5.41, 5.74) is 1.80. The van der Waals surface area contributed by atoms with Crippen molar-refractivity contribution in [3.8, 4) is 17.1 Å². The average molecular weight is 252 g/mol. The molecule has 0 aliphatic rings. The third-order valence-electron chi connectivity index (χ3n) is 2.66. The zero-order valence-corrected chi connectivity index (χ0v) is 10.0. The van der Waals surface area contributed by atoms with Gasteiger partial charge >= 0.3 is 0 Å². The minimum atomic E-state index is 0.227. The molecule has 5 heteroatoms. The molecular weight excluding hydrogens is 240 g/mol. The van der Waals surface area contributed by atoms with Crippen molar-refractivity contribution < 1.29 is 5.11 Å². The first kappa shape index (κ1) is 11.3. The summed E-state index contributed by atoms with van der Waals surface area (Å²) in [5.74, 6) is 1.43. The number of nitrogens with zero attached hydrogens (tertiary/aromatic N) is 2. The normalized spacial score (nSPS) is 10.3. The van der Waals surface area contributed by atoms with Gasteiger partial charge in [0.05, 0.1) is 0 Å². The lowest BCUT2D eigenvalue weighted by atomic mass is 10.2. The van der Waals surface area contributed by atoms with Gasteiger partial charge in [-0.1, -0.05) is 30.3 Å². The highest BCUT2D eigenvalue weighted by Gasteiger charge is 2.05. The Labute approximate surface area is 110 Å². The van der Waals surface area contributed by atoms with Crippen molar-refractivity contribution in [3.63, 3.8) is 0 Å². The minimum absolute atomic E-state index is 0.227. The fourth-order valence-electron chi connectivity index (χ4n) is 1.72. The Morgan fingerprint density at radius 3 is 2.42 bits per heavy atom. The van der Waals surface area contributed by atoms with Gasteiger partial charge in [-0.2, -0.15) is 4.98 Å². The summed E-state index contributed by atoms with van der Waals surface area (Å²) >= 11 is 0. The Balaban J connectivity index is 1.80. The summed E-state index contributed by atoms with van der Waals surface area (Å²) in [4.78, 5) is 4.36. The van der Waals surface area contributed by atoms with Crippen LogP contribution in [0.2, 0.25) is 0 Å². The highest BCUT2D eigenvalue weighted by Crippen LogP contribution is 2.19. The van der Waals surface area contributed by atoms with Crippen molar-refractivity contribution in [2.45, 2.75) is 0 Å². The van der Waals surface area contributed by atoms with E-state index in [9.17, 15) is 5.11 Å². The zero-order chi connectivity index (χ0) is 13.1. The molecule has 0 radical (unpaired) electrons. The van der Waals surface area contributed by atoms with E-state index in [0.29, 0.717) is 11.8 Å². The van der Waals surface area contributed by atoms with Crippen LogP contribution >= 0.6 is 0 Å². The second-order valence-corrected chi connectivity index (χ2v) is 4.05. The molecule has 0 fully saturated rings. The Kier molecular flexibility index (Phi) is 2.86. The highest BCUT2D eigenvalue weighted by atomic mass is 16.3. The molecule has 5 nitrogen and oxygen atoms in total. The topological polar surface area (TPSA) is 73.8 Å². The van der Waals surface area contributed by atoms with E-state index >= 15 is 0 Å². The van der Waals surface area contributed by atoms with Crippen LogP contribution in [0, 0.1) is 0 Å². The van der Waals surface area contributed by atoms with Crippen LogP contribution in [0.4, 0.5) is 11.6 Å². The van der Waals surface area contributed by atoms with Crippen LogP contribution in [-0.2, 0) is 0 Å². The highest BCUT2D eigenvalue weighted by molar-refractivity contribution is 5.59. The molecule has 2 aromatic carbocycles. The Bertz CT molecular complexity index is 661. The van der Waals surface area contributed by atoms with E-state index in [2.05, 4.69) is 20.5 Å². The molecule has 0 saturated carbocycles. The third-order valence-corrected chi connectivity index (χ3v) is 2.66. The van der Waals surface area contributed by atoms with Crippen molar-refractivity contribution in [2.75, 3.05) is 5.32 Å². The van der Waals surface area contributed by atoms with Crippen molar-refractivity contribution >= 4 is 11.6 Å². The number of nitrogens with one attached hydrogen (secondary N) is 2. The summed E-state index contributed by atoms with van der Waals surface area (Å²) in [6, 6.07) is 16.5. The Hall–Kier alpha value is -2.82. The van der Waals surface area contributed by atoms with Crippen LogP contribution < -0.4 is 5.32 Å². The van der Waals surface area contributed by atoms with Gasteiger partial charge in [0.2, 0.25) is 5.95 Å². The predicted octanol–water partition coefficient (Wildman–Crippen LogP) is 2.92. The van der Waals surface area contributed by atoms with Crippen LogP contribution in [-0.4, -0.2) is 20.3 Å². The molecule has 0 unspecified atom stereocenters. The lowest BCUT2D eigenvalue weighted by molar-refractivity contribution is 0.475. The van der Waals surface area contributed by atoms with Gasteiger partial charge in [0, 0.05) is 11.3 Å². The summed E-state index contributed by atoms with van der Waals surface area (Å²) in [6.07, 6.45) is 0. The Morgan fingerprint density at radius 1 is 0.947 bits per heavy atom. The molecule has 0 aliphatic carbocycles. The molecule has 0 spiro atoms. The molecule has 0 amide bonds. The fraction of sp³-hybridized carbons (Fsp3) is 0. The molecule has 0 aliphatic heterocycles. The first-order chi connectivity index (χ1) is 9.31. The van der Waals surface area contributed by atoms with Crippen molar-refractivity contribution in [2.24, 2.45) is 0 Å². The van der Waals surface area contributed by atoms with Crippen LogP contribution in [0.5, 0.6) is 5.75 Å². The number of aromatic hydroxyl groups is 1. The van der Waals surface area contributed by atoms with Gasteiger partial charge in [-0.3, -0.25) is 5.10 Å². The first-order valence-corrected chi connectivity index (χ1v) is 5.85. The standard InChI is InChI=1S/C14H12N4O/c19-12-8-6-11(7-9-12)15-14-16-13(17-18-14)10-4-2-1-3-5-10/h1-9,19H,(H2,15,16,17,18). The van der Waals surface area contributed by atoms with E-state index in [0.717, 1.165) is 11.3 Å². The van der Waals surface area contributed by atoms with E-state index in [1.807, 2.05) is 30.3 Å². The summed E-state index contributed by atoms with van der Waals surface area (Å²) in [5, 5.41) is 19.2. The lowest BCUT2D eigenvalue weighted by Gasteiger charge is -2.00. The number of H-pyrrole nitrogens is 1. The number of phenols is 1. The van der Waals surface area contributed by atoms with E-state index < -0.39 is 0 Å². The number of rotatable bonds is 3. The molecule has 1 aromatic heterocycles. The SMILES string of the molecule is Oc1ccc(Nc2n[nH]c(-c3ccccc3)n2)cc1. The molecule has 3 N–H and O–H groups in total. The van der Waals surface area contributed by atoms with Crippen LogP contribution in [0.25, 0.3) is 11.4 Å². The van der Waals surface area contributed by atoms with Crippen LogP contribution in [0.15, 0.2) is 54.6 Å². The van der Waals surface area contributed by atoms with E-state index in [1.165, 1.54) is 0 Å². The quantitative estimate of drug-likeness (QED) is 0.626. The molecule has 94 valence electrons. The van der Waals surface area contributed by atoms with Crippen LogP contribution in [0.3, 0.4) is 0 Å². The largest absolute Gasteiger partial charge is 0.508 e. The fourth-order valence-corrected chi connectivity index (χ4v) is 1.72. The second kappa shape index (κ2) is 4.81. The molecule has 3 rings (SSSR count). The van der Waals surface area contributed by atoms with Crippen molar-refractivity contribution in [1.82, 2.24) is 15.2 Å². The Morgan fingerprint density at radius 2 is 1.68 bits per heavy atom. The number of phenolic OH excluding ortho intramolecular Hbond substituents is 1. The van der Waals surface area contributed by atoms with Crippen molar-refractivity contribution in [1.29, 1.82) is 0 Å². The molecule has 0 atom stereocenters. The van der Waals surface area contributed by atoms with E-state index in [1.54, 1.807) is 24.3 Å². The number of aromatic nitrogens is 3. The molecule has 3 aromatic rings. The molecule has 0 bridgehead atoms. The van der Waals surface area contributed by atoms with Gasteiger partial charge in [-0.25, -0.2) is 0 Å². The maximum atomic E-state index is 9.21. The van der Waals surface area contributed by atoms with Gasteiger partial charge in [-0.05, 0) is 24.3 Å². The monoisotopic (exact) mass is 252 g/mol. The van der Waals surface area contributed by atoms with Gasteiger partial charge < -0.3 is 10.4 Å².